The Balaban J connectivity index is 1.93. The van der Waals surface area contributed by atoms with Crippen molar-refractivity contribution >= 4 is 46.7 Å². The molecule has 0 atom stereocenters. The summed E-state index contributed by atoms with van der Waals surface area (Å²) < 4.78 is 57.0. The molecule has 0 aliphatic carbocycles. The van der Waals surface area contributed by atoms with Gasteiger partial charge in [0.2, 0.25) is 5.91 Å². The molecule has 0 radical (unpaired) electrons. The first kappa shape index (κ1) is 24.4. The Hall–Kier alpha value is -2.85. The third-order valence-corrected chi connectivity index (χ3v) is 4.50. The third kappa shape index (κ3) is 6.56. The summed E-state index contributed by atoms with van der Waals surface area (Å²) in [6.07, 6.45) is -4.71. The Bertz CT molecular complexity index is 995. The summed E-state index contributed by atoms with van der Waals surface area (Å²) in [5.41, 5.74) is -1.85. The summed E-state index contributed by atoms with van der Waals surface area (Å²) in [5.74, 6) is -3.73. The van der Waals surface area contributed by atoms with E-state index in [2.05, 4.69) is 5.32 Å². The molecule has 0 unspecified atom stereocenters. The normalized spacial score (nSPS) is 11.1. The molecule has 1 N–H and O–H groups in total. The summed E-state index contributed by atoms with van der Waals surface area (Å²) in [4.78, 5) is 36.9. The van der Waals surface area contributed by atoms with Crippen molar-refractivity contribution in [3.63, 3.8) is 0 Å². The number of likely N-dealkylation sites (N-methyl/N-ethyl adjacent to an activating group) is 1. The van der Waals surface area contributed by atoms with Gasteiger partial charge in [-0.3, -0.25) is 9.59 Å². The van der Waals surface area contributed by atoms with Crippen molar-refractivity contribution in [2.45, 2.75) is 6.18 Å². The van der Waals surface area contributed by atoms with Crippen LogP contribution in [0.4, 0.5) is 23.2 Å². The first-order valence-electron chi connectivity index (χ1n) is 8.42. The van der Waals surface area contributed by atoms with Crippen molar-refractivity contribution in [1.82, 2.24) is 4.90 Å². The highest BCUT2D eigenvalue weighted by atomic mass is 35.5. The van der Waals surface area contributed by atoms with E-state index in [0.29, 0.717) is 6.07 Å². The van der Waals surface area contributed by atoms with E-state index in [0.717, 1.165) is 23.1 Å². The Morgan fingerprint density at radius 2 is 1.77 bits per heavy atom. The molecule has 12 heteroatoms. The van der Waals surface area contributed by atoms with Crippen molar-refractivity contribution in [3.05, 3.63) is 63.4 Å². The van der Waals surface area contributed by atoms with Crippen LogP contribution >= 0.6 is 23.2 Å². The SMILES string of the molecule is CN(CC(=O)Nc1ccc(Cl)c(C(F)(F)F)c1)C(=O)COC(=O)c1c(F)cccc1Cl. The van der Waals surface area contributed by atoms with Gasteiger partial charge in [0.05, 0.1) is 22.2 Å². The number of benzene rings is 2. The number of nitrogens with one attached hydrogen (secondary N) is 1. The number of rotatable bonds is 6. The minimum absolute atomic E-state index is 0.178. The summed E-state index contributed by atoms with van der Waals surface area (Å²) in [5, 5.41) is 1.47. The number of alkyl halides is 3. The van der Waals surface area contributed by atoms with Crippen LogP contribution in [0.5, 0.6) is 0 Å². The van der Waals surface area contributed by atoms with E-state index in [4.69, 9.17) is 27.9 Å². The van der Waals surface area contributed by atoms with Gasteiger partial charge in [0, 0.05) is 12.7 Å². The van der Waals surface area contributed by atoms with Crippen LogP contribution in [0.3, 0.4) is 0 Å². The van der Waals surface area contributed by atoms with Crippen molar-refractivity contribution in [3.8, 4) is 0 Å². The van der Waals surface area contributed by atoms with Gasteiger partial charge in [0.15, 0.2) is 6.61 Å². The molecule has 0 spiro atoms. The van der Waals surface area contributed by atoms with Gasteiger partial charge in [0.1, 0.15) is 11.4 Å². The number of carbonyl (C=O) groups excluding carboxylic acids is 3. The molecule has 2 amide bonds. The average Bonchev–Trinajstić information content (AvgIpc) is 2.66. The van der Waals surface area contributed by atoms with Crippen LogP contribution in [0, 0.1) is 5.82 Å². The number of carbonyl (C=O) groups is 3. The van der Waals surface area contributed by atoms with Gasteiger partial charge >= 0.3 is 12.1 Å². The molecule has 0 saturated carbocycles. The maximum Gasteiger partial charge on any atom is 0.417 e. The van der Waals surface area contributed by atoms with Gasteiger partial charge in [-0.2, -0.15) is 13.2 Å². The second-order valence-corrected chi connectivity index (χ2v) is 6.98. The van der Waals surface area contributed by atoms with Gasteiger partial charge in [-0.05, 0) is 30.3 Å². The molecule has 0 heterocycles. The molecule has 6 nitrogen and oxygen atoms in total. The fourth-order valence-electron chi connectivity index (χ4n) is 2.33. The lowest BCUT2D eigenvalue weighted by Gasteiger charge is -2.17. The Morgan fingerprint density at radius 1 is 1.10 bits per heavy atom. The van der Waals surface area contributed by atoms with Crippen LogP contribution in [0.15, 0.2) is 36.4 Å². The monoisotopic (exact) mass is 480 g/mol. The smallest absolute Gasteiger partial charge is 0.417 e. The molecule has 166 valence electrons. The molecular formula is C19H14Cl2F4N2O4. The molecule has 0 fully saturated rings. The highest BCUT2D eigenvalue weighted by Crippen LogP contribution is 2.36. The third-order valence-electron chi connectivity index (χ3n) is 3.86. The van der Waals surface area contributed by atoms with E-state index in [-0.39, 0.29) is 10.7 Å². The maximum absolute atomic E-state index is 13.7. The van der Waals surface area contributed by atoms with E-state index in [1.54, 1.807) is 0 Å². The first-order chi connectivity index (χ1) is 14.4. The standard InChI is InChI=1S/C19H14Cl2F4N2O4/c1-27(16(29)9-31-18(30)17-13(21)3-2-4-14(17)22)8-15(28)26-10-5-6-12(20)11(7-10)19(23,24)25/h2-7H,8-9H2,1H3,(H,26,28). The molecule has 0 bridgehead atoms. The summed E-state index contributed by atoms with van der Waals surface area (Å²) in [6.45, 7) is -1.37. The molecule has 0 aliphatic rings. The molecule has 31 heavy (non-hydrogen) atoms. The highest BCUT2D eigenvalue weighted by molar-refractivity contribution is 6.33. The zero-order valence-electron chi connectivity index (χ0n) is 15.7. The number of nitrogens with zero attached hydrogens (tertiary/aromatic N) is 1. The predicted octanol–water partition coefficient (Wildman–Crippen LogP) is 4.41. The molecular weight excluding hydrogens is 467 g/mol. The fourth-order valence-corrected chi connectivity index (χ4v) is 2.79. The summed E-state index contributed by atoms with van der Waals surface area (Å²) in [7, 11) is 1.20. The van der Waals surface area contributed by atoms with E-state index in [9.17, 15) is 31.9 Å². The van der Waals surface area contributed by atoms with Crippen LogP contribution in [0.1, 0.15) is 15.9 Å². The number of ether oxygens (including phenoxy) is 1. The van der Waals surface area contributed by atoms with E-state index < -0.39 is 59.1 Å². The lowest BCUT2D eigenvalue weighted by Crippen LogP contribution is -2.37. The lowest BCUT2D eigenvalue weighted by molar-refractivity contribution is -0.137. The van der Waals surface area contributed by atoms with Crippen LogP contribution in [-0.4, -0.2) is 42.9 Å². The summed E-state index contributed by atoms with van der Waals surface area (Å²) in [6, 6.07) is 6.33. The zero-order valence-corrected chi connectivity index (χ0v) is 17.2. The van der Waals surface area contributed by atoms with Gasteiger partial charge in [0.25, 0.3) is 5.91 Å². The second-order valence-electron chi connectivity index (χ2n) is 6.16. The topological polar surface area (TPSA) is 75.7 Å². The first-order valence-corrected chi connectivity index (χ1v) is 9.17. The van der Waals surface area contributed by atoms with Crippen LogP contribution in [-0.2, 0) is 20.5 Å². The fraction of sp³-hybridized carbons (Fsp3) is 0.211. The molecule has 0 aromatic heterocycles. The highest BCUT2D eigenvalue weighted by Gasteiger charge is 2.33. The number of anilines is 1. The molecule has 2 aromatic carbocycles. The van der Waals surface area contributed by atoms with Crippen LogP contribution in [0.2, 0.25) is 10.0 Å². The Labute approximate surface area is 183 Å². The molecule has 0 aliphatic heterocycles. The van der Waals surface area contributed by atoms with Crippen molar-refractivity contribution in [1.29, 1.82) is 0 Å². The molecule has 0 saturated heterocycles. The average molecular weight is 481 g/mol. The van der Waals surface area contributed by atoms with Gasteiger partial charge in [-0.25, -0.2) is 9.18 Å². The number of esters is 1. The Kier molecular flexibility index (Phi) is 7.85. The van der Waals surface area contributed by atoms with Crippen molar-refractivity contribution in [2.75, 3.05) is 25.5 Å². The minimum atomic E-state index is -4.71. The van der Waals surface area contributed by atoms with E-state index >= 15 is 0 Å². The van der Waals surface area contributed by atoms with Crippen LogP contribution in [0.25, 0.3) is 0 Å². The largest absolute Gasteiger partial charge is 0.452 e. The number of hydrogen-bond acceptors (Lipinski definition) is 4. The van der Waals surface area contributed by atoms with Gasteiger partial charge in [-0.15, -0.1) is 0 Å². The molecule has 2 rings (SSSR count). The number of amides is 2. The van der Waals surface area contributed by atoms with E-state index in [1.807, 2.05) is 0 Å². The second kappa shape index (κ2) is 9.97. The van der Waals surface area contributed by atoms with E-state index in [1.165, 1.54) is 19.2 Å². The Morgan fingerprint density at radius 3 is 2.39 bits per heavy atom. The van der Waals surface area contributed by atoms with Gasteiger partial charge in [-0.1, -0.05) is 29.3 Å². The minimum Gasteiger partial charge on any atom is -0.452 e. The quantitative estimate of drug-likeness (QED) is 0.490. The maximum atomic E-state index is 13.7. The zero-order chi connectivity index (χ0) is 23.3. The van der Waals surface area contributed by atoms with Gasteiger partial charge < -0.3 is 15.0 Å². The number of hydrogen-bond donors (Lipinski definition) is 1. The number of halogens is 6. The van der Waals surface area contributed by atoms with Crippen molar-refractivity contribution in [2.24, 2.45) is 0 Å². The lowest BCUT2D eigenvalue weighted by atomic mass is 10.2. The summed E-state index contributed by atoms with van der Waals surface area (Å²) >= 11 is 11.2. The van der Waals surface area contributed by atoms with Crippen molar-refractivity contribution < 1.29 is 36.7 Å². The van der Waals surface area contributed by atoms with Crippen LogP contribution < -0.4 is 5.32 Å². The molecule has 2 aromatic rings. The predicted molar refractivity (Wildman–Crippen MR) is 104 cm³/mol.